The van der Waals surface area contributed by atoms with Crippen LogP contribution in [0.25, 0.3) is 0 Å². The molecule has 1 aromatic rings. The molecule has 0 fully saturated rings. The molecule has 2 rings (SSSR count). The zero-order chi connectivity index (χ0) is 13.3. The maximum atomic E-state index is 11.1. The topological polar surface area (TPSA) is 40.5 Å². The second-order valence-electron chi connectivity index (χ2n) is 5.95. The van der Waals surface area contributed by atoms with Gasteiger partial charge in [-0.25, -0.2) is 0 Å². The number of nitrogens with zero attached hydrogens (tertiary/aromatic N) is 1. The number of carbonyl (C=O) groups is 1. The van der Waals surface area contributed by atoms with Crippen LogP contribution in [0, 0.1) is 0 Å². The van der Waals surface area contributed by atoms with Gasteiger partial charge in [0.15, 0.2) is 0 Å². The van der Waals surface area contributed by atoms with Crippen LogP contribution in [0.2, 0.25) is 0 Å². The summed E-state index contributed by atoms with van der Waals surface area (Å²) in [6.07, 6.45) is 2.07. The molecular formula is C15H21NO2. The summed E-state index contributed by atoms with van der Waals surface area (Å²) in [6, 6.07) is 8.61. The highest BCUT2D eigenvalue weighted by atomic mass is 16.4. The highest BCUT2D eigenvalue weighted by molar-refractivity contribution is 5.69. The summed E-state index contributed by atoms with van der Waals surface area (Å²) in [7, 11) is 0. The lowest BCUT2D eigenvalue weighted by atomic mass is 9.99. The van der Waals surface area contributed by atoms with Gasteiger partial charge in [0, 0.05) is 11.6 Å². The minimum Gasteiger partial charge on any atom is -0.480 e. The standard InChI is InChI=1S/C15H21NO2/c1-15(2,3)16(10-14(17)18)13-9-8-11-6-4-5-7-12(11)13/h4-7,13H,8-10H2,1-3H3,(H,17,18). The molecule has 98 valence electrons. The third-order valence-corrected chi connectivity index (χ3v) is 3.64. The van der Waals surface area contributed by atoms with Gasteiger partial charge in [0.2, 0.25) is 0 Å². The van der Waals surface area contributed by atoms with Crippen LogP contribution in [0.4, 0.5) is 0 Å². The van der Waals surface area contributed by atoms with E-state index in [0.29, 0.717) is 0 Å². The number of hydrogen-bond acceptors (Lipinski definition) is 2. The second kappa shape index (κ2) is 4.73. The van der Waals surface area contributed by atoms with Crippen molar-refractivity contribution in [2.75, 3.05) is 6.54 Å². The number of rotatable bonds is 3. The molecule has 1 aliphatic rings. The van der Waals surface area contributed by atoms with E-state index in [0.717, 1.165) is 12.8 Å². The summed E-state index contributed by atoms with van der Waals surface area (Å²) in [5.41, 5.74) is 2.52. The number of aliphatic carboxylic acids is 1. The summed E-state index contributed by atoms with van der Waals surface area (Å²) >= 11 is 0. The van der Waals surface area contributed by atoms with Crippen LogP contribution in [-0.4, -0.2) is 28.1 Å². The fraction of sp³-hybridized carbons (Fsp3) is 0.533. The van der Waals surface area contributed by atoms with E-state index in [1.807, 2.05) is 6.07 Å². The molecule has 0 heterocycles. The van der Waals surface area contributed by atoms with Gasteiger partial charge in [-0.2, -0.15) is 0 Å². The van der Waals surface area contributed by atoms with Crippen molar-refractivity contribution in [1.82, 2.24) is 4.90 Å². The van der Waals surface area contributed by atoms with Crippen LogP contribution >= 0.6 is 0 Å². The molecule has 0 saturated carbocycles. The first-order valence-corrected chi connectivity index (χ1v) is 6.46. The van der Waals surface area contributed by atoms with E-state index in [1.165, 1.54) is 11.1 Å². The Balaban J connectivity index is 2.31. The van der Waals surface area contributed by atoms with Crippen LogP contribution in [0.1, 0.15) is 44.4 Å². The maximum absolute atomic E-state index is 11.1. The van der Waals surface area contributed by atoms with Crippen molar-refractivity contribution in [2.45, 2.75) is 45.2 Å². The zero-order valence-corrected chi connectivity index (χ0v) is 11.3. The molecule has 3 nitrogen and oxygen atoms in total. The molecule has 0 amide bonds. The maximum Gasteiger partial charge on any atom is 0.317 e. The van der Waals surface area contributed by atoms with Crippen LogP contribution in [-0.2, 0) is 11.2 Å². The molecule has 0 aromatic heterocycles. The monoisotopic (exact) mass is 247 g/mol. The molecule has 0 radical (unpaired) electrons. The number of benzene rings is 1. The molecule has 18 heavy (non-hydrogen) atoms. The molecule has 0 aliphatic heterocycles. The second-order valence-corrected chi connectivity index (χ2v) is 5.95. The van der Waals surface area contributed by atoms with Crippen molar-refractivity contribution >= 4 is 5.97 Å². The lowest BCUT2D eigenvalue weighted by molar-refractivity contribution is -0.140. The highest BCUT2D eigenvalue weighted by Crippen LogP contribution is 2.38. The van der Waals surface area contributed by atoms with Gasteiger partial charge >= 0.3 is 5.97 Å². The van der Waals surface area contributed by atoms with Crippen LogP contribution < -0.4 is 0 Å². The summed E-state index contributed by atoms with van der Waals surface area (Å²) < 4.78 is 0. The first-order valence-electron chi connectivity index (χ1n) is 6.46. The first kappa shape index (κ1) is 13.1. The van der Waals surface area contributed by atoms with E-state index in [4.69, 9.17) is 5.11 Å². The largest absolute Gasteiger partial charge is 0.480 e. The quantitative estimate of drug-likeness (QED) is 0.893. The third-order valence-electron chi connectivity index (χ3n) is 3.64. The van der Waals surface area contributed by atoms with E-state index in [9.17, 15) is 4.79 Å². The van der Waals surface area contributed by atoms with Crippen molar-refractivity contribution in [1.29, 1.82) is 0 Å². The zero-order valence-electron chi connectivity index (χ0n) is 11.3. The molecule has 1 N–H and O–H groups in total. The molecule has 0 spiro atoms. The normalized spacial score (nSPS) is 19.0. The minimum absolute atomic E-state index is 0.0997. The first-order chi connectivity index (χ1) is 8.39. The van der Waals surface area contributed by atoms with E-state index in [1.54, 1.807) is 0 Å². The Bertz CT molecular complexity index is 448. The van der Waals surface area contributed by atoms with Crippen LogP contribution in [0.15, 0.2) is 24.3 Å². The Morgan fingerprint density at radius 3 is 2.67 bits per heavy atom. The molecule has 1 atom stereocenters. The Morgan fingerprint density at radius 2 is 2.06 bits per heavy atom. The van der Waals surface area contributed by atoms with Crippen LogP contribution in [0.3, 0.4) is 0 Å². The van der Waals surface area contributed by atoms with Crippen molar-refractivity contribution < 1.29 is 9.90 Å². The van der Waals surface area contributed by atoms with E-state index < -0.39 is 5.97 Å². The van der Waals surface area contributed by atoms with Crippen LogP contribution in [0.5, 0.6) is 0 Å². The molecular weight excluding hydrogens is 226 g/mol. The van der Waals surface area contributed by atoms with E-state index in [-0.39, 0.29) is 18.1 Å². The van der Waals surface area contributed by atoms with Gasteiger partial charge in [-0.05, 0) is 44.7 Å². The average molecular weight is 247 g/mol. The summed E-state index contributed by atoms with van der Waals surface area (Å²) in [5.74, 6) is -0.755. The van der Waals surface area contributed by atoms with Gasteiger partial charge in [-0.3, -0.25) is 9.69 Å². The Labute approximate surface area is 108 Å². The van der Waals surface area contributed by atoms with Crippen molar-refractivity contribution in [3.8, 4) is 0 Å². The van der Waals surface area contributed by atoms with Crippen molar-refractivity contribution in [3.63, 3.8) is 0 Å². The number of aryl methyl sites for hydroxylation is 1. The molecule has 3 heteroatoms. The minimum atomic E-state index is -0.755. The summed E-state index contributed by atoms with van der Waals surface area (Å²) in [5, 5.41) is 9.11. The molecule has 1 aliphatic carbocycles. The van der Waals surface area contributed by atoms with Crippen molar-refractivity contribution in [3.05, 3.63) is 35.4 Å². The number of carboxylic acids is 1. The van der Waals surface area contributed by atoms with Gasteiger partial charge in [-0.1, -0.05) is 24.3 Å². The Kier molecular flexibility index (Phi) is 3.44. The number of hydrogen-bond donors (Lipinski definition) is 1. The smallest absolute Gasteiger partial charge is 0.317 e. The van der Waals surface area contributed by atoms with Gasteiger partial charge in [0.05, 0.1) is 6.54 Å². The molecule has 1 unspecified atom stereocenters. The third kappa shape index (κ3) is 2.56. The SMILES string of the molecule is CC(C)(C)N(CC(=O)O)C1CCc2ccccc21. The Morgan fingerprint density at radius 1 is 1.39 bits per heavy atom. The number of carboxylic acid groups (broad SMARTS) is 1. The Hall–Kier alpha value is -1.35. The average Bonchev–Trinajstić information content (AvgIpc) is 2.67. The predicted octanol–water partition coefficient (Wildman–Crippen LogP) is 2.86. The summed E-state index contributed by atoms with van der Waals surface area (Å²) in [4.78, 5) is 13.2. The van der Waals surface area contributed by atoms with Gasteiger partial charge < -0.3 is 5.11 Å². The lowest BCUT2D eigenvalue weighted by Gasteiger charge is -2.39. The lowest BCUT2D eigenvalue weighted by Crippen LogP contribution is -2.46. The molecule has 1 aromatic carbocycles. The van der Waals surface area contributed by atoms with E-state index >= 15 is 0 Å². The van der Waals surface area contributed by atoms with Crippen molar-refractivity contribution in [2.24, 2.45) is 0 Å². The van der Waals surface area contributed by atoms with Gasteiger partial charge in [0.1, 0.15) is 0 Å². The fourth-order valence-electron chi connectivity index (χ4n) is 2.82. The highest BCUT2D eigenvalue weighted by Gasteiger charge is 2.35. The molecule has 0 saturated heterocycles. The van der Waals surface area contributed by atoms with Gasteiger partial charge in [-0.15, -0.1) is 0 Å². The van der Waals surface area contributed by atoms with E-state index in [2.05, 4.69) is 43.9 Å². The molecule has 0 bridgehead atoms. The fourth-order valence-corrected chi connectivity index (χ4v) is 2.82. The predicted molar refractivity (Wildman–Crippen MR) is 71.6 cm³/mol. The van der Waals surface area contributed by atoms with Gasteiger partial charge in [0.25, 0.3) is 0 Å². The summed E-state index contributed by atoms with van der Waals surface area (Å²) in [6.45, 7) is 6.34. The number of fused-ring (bicyclic) bond motifs is 1.